The summed E-state index contributed by atoms with van der Waals surface area (Å²) in [5, 5.41) is 4.88. The van der Waals surface area contributed by atoms with Gasteiger partial charge < -0.3 is 11.1 Å². The summed E-state index contributed by atoms with van der Waals surface area (Å²) in [5.41, 5.74) is 9.49. The first-order valence-electron chi connectivity index (χ1n) is 7.98. The summed E-state index contributed by atoms with van der Waals surface area (Å²) in [7, 11) is 0. The minimum atomic E-state index is -0.125. The lowest BCUT2D eigenvalue weighted by Crippen LogP contribution is -2.15. The van der Waals surface area contributed by atoms with Crippen molar-refractivity contribution in [1.29, 1.82) is 0 Å². The van der Waals surface area contributed by atoms with E-state index in [1.807, 2.05) is 54.6 Å². The third-order valence-corrected chi connectivity index (χ3v) is 4.02. The maximum atomic E-state index is 12.4. The van der Waals surface area contributed by atoms with Gasteiger partial charge in [0.2, 0.25) is 5.91 Å². The maximum absolute atomic E-state index is 12.4. The predicted octanol–water partition coefficient (Wildman–Crippen LogP) is 3.55. The number of fused-ring (bicyclic) bond motifs is 2. The Morgan fingerprint density at radius 1 is 1.00 bits per heavy atom. The van der Waals surface area contributed by atoms with Crippen molar-refractivity contribution in [3.8, 4) is 0 Å². The average molecular weight is 328 g/mol. The molecule has 0 saturated carbocycles. The molecule has 0 aliphatic carbocycles. The molecule has 1 amide bonds. The van der Waals surface area contributed by atoms with E-state index in [0.29, 0.717) is 17.1 Å². The molecule has 0 spiro atoms. The third kappa shape index (κ3) is 3.12. The Morgan fingerprint density at radius 2 is 1.88 bits per heavy atom. The number of pyridine rings is 2. The first kappa shape index (κ1) is 15.1. The van der Waals surface area contributed by atoms with Crippen molar-refractivity contribution in [1.82, 2.24) is 9.97 Å². The van der Waals surface area contributed by atoms with Crippen LogP contribution in [0, 0.1) is 0 Å². The zero-order chi connectivity index (χ0) is 17.2. The molecule has 0 saturated heterocycles. The van der Waals surface area contributed by atoms with E-state index in [1.54, 1.807) is 12.3 Å². The lowest BCUT2D eigenvalue weighted by atomic mass is 10.1. The number of nitrogens with one attached hydrogen (secondary N) is 1. The highest BCUT2D eigenvalue weighted by molar-refractivity contribution is 6.00. The standard InChI is InChI=1S/C20H16N4O/c21-15-7-9-17-14(11-15)6-8-16(23-17)12-19(25)24-18-5-1-3-13-4-2-10-22-20(13)18/h1-11H,12,21H2,(H,24,25). The summed E-state index contributed by atoms with van der Waals surface area (Å²) < 4.78 is 0. The second-order valence-corrected chi connectivity index (χ2v) is 5.86. The third-order valence-electron chi connectivity index (χ3n) is 4.02. The number of nitrogens with zero attached hydrogens (tertiary/aromatic N) is 2. The Kier molecular flexibility index (Phi) is 3.74. The van der Waals surface area contributed by atoms with E-state index >= 15 is 0 Å². The van der Waals surface area contributed by atoms with Crippen LogP contribution in [0.5, 0.6) is 0 Å². The Balaban J connectivity index is 1.56. The summed E-state index contributed by atoms with van der Waals surface area (Å²) in [6, 6.07) is 18.9. The first-order valence-corrected chi connectivity index (χ1v) is 7.98. The number of carbonyl (C=O) groups excluding carboxylic acids is 1. The van der Waals surface area contributed by atoms with Gasteiger partial charge in [0.05, 0.1) is 28.8 Å². The summed E-state index contributed by atoms with van der Waals surface area (Å²) >= 11 is 0. The molecule has 2 aromatic carbocycles. The molecule has 0 unspecified atom stereocenters. The zero-order valence-corrected chi connectivity index (χ0v) is 13.4. The smallest absolute Gasteiger partial charge is 0.230 e. The Hall–Kier alpha value is -3.47. The molecule has 0 bridgehead atoms. The quantitative estimate of drug-likeness (QED) is 0.564. The minimum Gasteiger partial charge on any atom is -0.399 e. The second kappa shape index (κ2) is 6.20. The number of aromatic nitrogens is 2. The number of anilines is 2. The number of para-hydroxylation sites is 1. The highest BCUT2D eigenvalue weighted by Crippen LogP contribution is 2.21. The fourth-order valence-corrected chi connectivity index (χ4v) is 2.85. The number of nitrogens with two attached hydrogens (primary N) is 1. The molecule has 2 aromatic heterocycles. The number of hydrogen-bond donors (Lipinski definition) is 2. The van der Waals surface area contributed by atoms with Gasteiger partial charge in [-0.2, -0.15) is 0 Å². The number of nitrogen functional groups attached to an aromatic ring is 1. The number of benzene rings is 2. The molecule has 0 aliphatic heterocycles. The van der Waals surface area contributed by atoms with Crippen LogP contribution < -0.4 is 11.1 Å². The van der Waals surface area contributed by atoms with Gasteiger partial charge in [-0.15, -0.1) is 0 Å². The molecule has 2 heterocycles. The first-order chi connectivity index (χ1) is 12.2. The van der Waals surface area contributed by atoms with Gasteiger partial charge >= 0.3 is 0 Å². The van der Waals surface area contributed by atoms with Crippen LogP contribution in [0.1, 0.15) is 5.69 Å². The topological polar surface area (TPSA) is 80.9 Å². The lowest BCUT2D eigenvalue weighted by Gasteiger charge is -2.08. The van der Waals surface area contributed by atoms with Gasteiger partial charge in [-0.1, -0.05) is 24.3 Å². The van der Waals surface area contributed by atoms with E-state index in [-0.39, 0.29) is 12.3 Å². The van der Waals surface area contributed by atoms with E-state index in [9.17, 15) is 4.79 Å². The van der Waals surface area contributed by atoms with Crippen molar-refractivity contribution in [2.75, 3.05) is 11.1 Å². The molecule has 0 atom stereocenters. The van der Waals surface area contributed by atoms with E-state index in [4.69, 9.17) is 5.73 Å². The highest BCUT2D eigenvalue weighted by Gasteiger charge is 2.09. The minimum absolute atomic E-state index is 0.125. The highest BCUT2D eigenvalue weighted by atomic mass is 16.1. The molecule has 25 heavy (non-hydrogen) atoms. The summed E-state index contributed by atoms with van der Waals surface area (Å²) in [6.07, 6.45) is 1.91. The van der Waals surface area contributed by atoms with Crippen LogP contribution in [0.15, 0.2) is 66.9 Å². The molecule has 5 nitrogen and oxygen atoms in total. The summed E-state index contributed by atoms with van der Waals surface area (Å²) in [6.45, 7) is 0. The van der Waals surface area contributed by atoms with Crippen LogP contribution in [0.3, 0.4) is 0 Å². The van der Waals surface area contributed by atoms with Gasteiger partial charge in [0.1, 0.15) is 0 Å². The number of carbonyl (C=O) groups is 1. The van der Waals surface area contributed by atoms with Crippen molar-refractivity contribution in [3.05, 3.63) is 72.6 Å². The van der Waals surface area contributed by atoms with Crippen LogP contribution in [0.2, 0.25) is 0 Å². The summed E-state index contributed by atoms with van der Waals surface area (Å²) in [5.74, 6) is -0.125. The van der Waals surface area contributed by atoms with Crippen LogP contribution >= 0.6 is 0 Å². The van der Waals surface area contributed by atoms with Gasteiger partial charge in [0.25, 0.3) is 0 Å². The lowest BCUT2D eigenvalue weighted by molar-refractivity contribution is -0.115. The predicted molar refractivity (Wildman–Crippen MR) is 100 cm³/mol. The van der Waals surface area contributed by atoms with Gasteiger partial charge in [-0.3, -0.25) is 14.8 Å². The molecule has 122 valence electrons. The molecular formula is C20H16N4O. The molecule has 4 rings (SSSR count). The maximum Gasteiger partial charge on any atom is 0.230 e. The van der Waals surface area contributed by atoms with Crippen LogP contribution in [0.25, 0.3) is 21.8 Å². The van der Waals surface area contributed by atoms with Crippen molar-refractivity contribution >= 4 is 39.1 Å². The zero-order valence-electron chi connectivity index (χ0n) is 13.4. The van der Waals surface area contributed by atoms with Crippen molar-refractivity contribution in [2.24, 2.45) is 0 Å². The van der Waals surface area contributed by atoms with Crippen LogP contribution in [-0.4, -0.2) is 15.9 Å². The fraction of sp³-hybridized carbons (Fsp3) is 0.0500. The normalized spacial score (nSPS) is 10.9. The van der Waals surface area contributed by atoms with Crippen molar-refractivity contribution in [3.63, 3.8) is 0 Å². The monoisotopic (exact) mass is 328 g/mol. The molecule has 4 aromatic rings. The van der Waals surface area contributed by atoms with Crippen molar-refractivity contribution < 1.29 is 4.79 Å². The molecular weight excluding hydrogens is 312 g/mol. The van der Waals surface area contributed by atoms with Gasteiger partial charge in [0.15, 0.2) is 0 Å². The van der Waals surface area contributed by atoms with E-state index < -0.39 is 0 Å². The van der Waals surface area contributed by atoms with Gasteiger partial charge in [-0.25, -0.2) is 0 Å². The van der Waals surface area contributed by atoms with Gasteiger partial charge in [0, 0.05) is 22.7 Å². The van der Waals surface area contributed by atoms with Gasteiger partial charge in [-0.05, 0) is 36.4 Å². The molecule has 0 aliphatic rings. The van der Waals surface area contributed by atoms with Crippen LogP contribution in [-0.2, 0) is 11.2 Å². The largest absolute Gasteiger partial charge is 0.399 e. The Bertz CT molecular complexity index is 1090. The molecule has 3 N–H and O–H groups in total. The second-order valence-electron chi connectivity index (χ2n) is 5.86. The number of rotatable bonds is 3. The molecule has 0 radical (unpaired) electrons. The summed E-state index contributed by atoms with van der Waals surface area (Å²) in [4.78, 5) is 21.3. The molecule has 0 fully saturated rings. The SMILES string of the molecule is Nc1ccc2nc(CC(=O)Nc3cccc4cccnc34)ccc2c1. The average Bonchev–Trinajstić information content (AvgIpc) is 2.62. The van der Waals surface area contributed by atoms with Crippen LogP contribution in [0.4, 0.5) is 11.4 Å². The van der Waals surface area contributed by atoms with E-state index in [2.05, 4.69) is 15.3 Å². The fourth-order valence-electron chi connectivity index (χ4n) is 2.85. The van der Waals surface area contributed by atoms with E-state index in [0.717, 1.165) is 21.8 Å². The molecule has 5 heteroatoms. The number of amides is 1. The Morgan fingerprint density at radius 3 is 2.80 bits per heavy atom. The Labute approximate surface area is 144 Å². The van der Waals surface area contributed by atoms with Crippen molar-refractivity contribution in [2.45, 2.75) is 6.42 Å². The number of hydrogen-bond acceptors (Lipinski definition) is 4. The van der Waals surface area contributed by atoms with E-state index in [1.165, 1.54) is 0 Å².